The van der Waals surface area contributed by atoms with Gasteiger partial charge >= 0.3 is 6.09 Å². The van der Waals surface area contributed by atoms with Gasteiger partial charge in [0.1, 0.15) is 5.60 Å². The standard InChI is InChI=1S/C19H35N5O3.HI/c1-19(2,3)27-18(25)23-8-9-24-16(15-23)14-21-17(24)20-6-4-5-7-22-10-12-26-13-11-22;/h16H,4-15H2,1-3H3,(H,20,21);1H. The fourth-order valence-electron chi connectivity index (χ4n) is 3.71. The second-order valence-corrected chi connectivity index (χ2v) is 8.53. The van der Waals surface area contributed by atoms with Crippen molar-refractivity contribution in [2.75, 3.05) is 65.6 Å². The van der Waals surface area contributed by atoms with Crippen molar-refractivity contribution < 1.29 is 14.3 Å². The molecule has 162 valence electrons. The van der Waals surface area contributed by atoms with Crippen LogP contribution in [0.4, 0.5) is 4.79 Å². The molecule has 0 spiro atoms. The zero-order valence-corrected chi connectivity index (χ0v) is 19.8. The Balaban J connectivity index is 0.00000280. The first-order valence-electron chi connectivity index (χ1n) is 10.3. The summed E-state index contributed by atoms with van der Waals surface area (Å²) in [7, 11) is 0. The molecule has 3 aliphatic rings. The molecule has 0 aromatic carbocycles. The molecule has 3 aliphatic heterocycles. The van der Waals surface area contributed by atoms with Crippen molar-refractivity contribution in [1.29, 1.82) is 0 Å². The molecule has 0 aliphatic carbocycles. The van der Waals surface area contributed by atoms with E-state index in [0.717, 1.165) is 64.9 Å². The lowest BCUT2D eigenvalue weighted by atomic mass is 10.2. The van der Waals surface area contributed by atoms with Crippen molar-refractivity contribution in [2.24, 2.45) is 4.99 Å². The lowest BCUT2D eigenvalue weighted by Gasteiger charge is -2.39. The summed E-state index contributed by atoms with van der Waals surface area (Å²) in [4.78, 5) is 23.5. The number of amides is 1. The molecule has 0 bridgehead atoms. The van der Waals surface area contributed by atoms with Crippen LogP contribution in [0.1, 0.15) is 33.6 Å². The number of morpholine rings is 1. The predicted molar refractivity (Wildman–Crippen MR) is 121 cm³/mol. The Labute approximate surface area is 186 Å². The number of hydrogen-bond acceptors (Lipinski definition) is 7. The number of ether oxygens (including phenoxy) is 2. The van der Waals surface area contributed by atoms with Crippen molar-refractivity contribution in [1.82, 2.24) is 20.0 Å². The molecule has 0 aromatic heterocycles. The highest BCUT2D eigenvalue weighted by Crippen LogP contribution is 2.18. The number of hydrogen-bond donors (Lipinski definition) is 1. The summed E-state index contributed by atoms with van der Waals surface area (Å²) in [5, 5.41) is 3.50. The molecule has 2 fully saturated rings. The van der Waals surface area contributed by atoms with E-state index < -0.39 is 5.60 Å². The number of carbonyl (C=O) groups excluding carboxylic acids is 1. The molecule has 0 saturated carbocycles. The van der Waals surface area contributed by atoms with E-state index in [2.05, 4.69) is 20.1 Å². The molecule has 9 heteroatoms. The molecular weight excluding hydrogens is 473 g/mol. The maximum Gasteiger partial charge on any atom is 0.410 e. The van der Waals surface area contributed by atoms with Crippen LogP contribution >= 0.6 is 24.0 Å². The summed E-state index contributed by atoms with van der Waals surface area (Å²) >= 11 is 0. The third-order valence-electron chi connectivity index (χ3n) is 5.15. The highest BCUT2D eigenvalue weighted by Gasteiger charge is 2.36. The summed E-state index contributed by atoms with van der Waals surface area (Å²) in [5.41, 5.74) is -0.450. The van der Waals surface area contributed by atoms with Gasteiger partial charge in [-0.1, -0.05) is 0 Å². The van der Waals surface area contributed by atoms with Gasteiger partial charge in [-0.15, -0.1) is 24.0 Å². The number of halogens is 1. The summed E-state index contributed by atoms with van der Waals surface area (Å²) in [6, 6.07) is 0.266. The smallest absolute Gasteiger partial charge is 0.410 e. The van der Waals surface area contributed by atoms with Gasteiger partial charge < -0.3 is 24.6 Å². The first kappa shape index (κ1) is 23.5. The van der Waals surface area contributed by atoms with Crippen LogP contribution < -0.4 is 5.32 Å². The zero-order chi connectivity index (χ0) is 19.3. The van der Waals surface area contributed by atoms with E-state index in [1.807, 2.05) is 25.7 Å². The number of nitrogens with one attached hydrogen (secondary N) is 1. The molecule has 0 aromatic rings. The van der Waals surface area contributed by atoms with Crippen LogP contribution in [0.15, 0.2) is 4.99 Å². The Morgan fingerprint density at radius 3 is 2.68 bits per heavy atom. The van der Waals surface area contributed by atoms with E-state index in [9.17, 15) is 4.79 Å². The van der Waals surface area contributed by atoms with E-state index in [1.54, 1.807) is 0 Å². The fourth-order valence-corrected chi connectivity index (χ4v) is 3.71. The molecule has 2 saturated heterocycles. The zero-order valence-electron chi connectivity index (χ0n) is 17.5. The van der Waals surface area contributed by atoms with Gasteiger partial charge in [-0.3, -0.25) is 9.89 Å². The van der Waals surface area contributed by atoms with Crippen LogP contribution in [0.3, 0.4) is 0 Å². The van der Waals surface area contributed by atoms with Gasteiger partial charge in [-0.2, -0.15) is 0 Å². The second kappa shape index (κ2) is 10.8. The molecular formula is C19H36IN5O3. The second-order valence-electron chi connectivity index (χ2n) is 8.53. The minimum Gasteiger partial charge on any atom is -0.444 e. The number of unbranched alkanes of at least 4 members (excludes halogenated alkanes) is 1. The number of rotatable bonds is 5. The number of guanidine groups is 1. The SMILES string of the molecule is CC(C)(C)OC(=O)N1CCN2C(NCCCCN3CCOCC3)=NCC2C1.I. The Bertz CT molecular complexity index is 534. The number of fused-ring (bicyclic) bond motifs is 1. The highest BCUT2D eigenvalue weighted by molar-refractivity contribution is 14.0. The topological polar surface area (TPSA) is 69.6 Å². The third kappa shape index (κ3) is 6.91. The average molecular weight is 509 g/mol. The van der Waals surface area contributed by atoms with Gasteiger partial charge in [0, 0.05) is 39.3 Å². The monoisotopic (exact) mass is 509 g/mol. The molecule has 8 nitrogen and oxygen atoms in total. The van der Waals surface area contributed by atoms with Crippen LogP contribution in [-0.2, 0) is 9.47 Å². The summed E-state index contributed by atoms with van der Waals surface area (Å²) in [5.74, 6) is 0.996. The first-order valence-corrected chi connectivity index (χ1v) is 10.3. The average Bonchev–Trinajstić information content (AvgIpc) is 3.03. The Hall–Kier alpha value is -0.810. The van der Waals surface area contributed by atoms with Crippen molar-refractivity contribution >= 4 is 36.0 Å². The third-order valence-corrected chi connectivity index (χ3v) is 5.15. The van der Waals surface area contributed by atoms with Crippen LogP contribution in [0.2, 0.25) is 0 Å². The van der Waals surface area contributed by atoms with Gasteiger partial charge in [0.2, 0.25) is 0 Å². The molecule has 1 atom stereocenters. The molecule has 0 radical (unpaired) electrons. The van der Waals surface area contributed by atoms with E-state index >= 15 is 0 Å². The largest absolute Gasteiger partial charge is 0.444 e. The van der Waals surface area contributed by atoms with E-state index in [1.165, 1.54) is 6.42 Å². The maximum atomic E-state index is 12.3. The van der Waals surface area contributed by atoms with Gasteiger partial charge in [0.25, 0.3) is 0 Å². The predicted octanol–water partition coefficient (Wildman–Crippen LogP) is 1.60. The van der Waals surface area contributed by atoms with Gasteiger partial charge in [-0.05, 0) is 40.2 Å². The number of aliphatic imine (C=N–C) groups is 1. The normalized spacial score (nSPS) is 23.0. The van der Waals surface area contributed by atoms with Gasteiger partial charge in [-0.25, -0.2) is 4.79 Å². The van der Waals surface area contributed by atoms with E-state index in [4.69, 9.17) is 9.47 Å². The van der Waals surface area contributed by atoms with E-state index in [0.29, 0.717) is 13.1 Å². The molecule has 3 heterocycles. The molecule has 3 rings (SSSR count). The van der Waals surface area contributed by atoms with E-state index in [-0.39, 0.29) is 36.1 Å². The summed E-state index contributed by atoms with van der Waals surface area (Å²) < 4.78 is 10.9. The minimum atomic E-state index is -0.450. The molecule has 1 amide bonds. The Morgan fingerprint density at radius 2 is 1.96 bits per heavy atom. The van der Waals surface area contributed by atoms with Crippen LogP contribution in [0, 0.1) is 0 Å². The van der Waals surface area contributed by atoms with Crippen LogP contribution in [0.5, 0.6) is 0 Å². The summed E-state index contributed by atoms with van der Waals surface area (Å²) in [6.07, 6.45) is 2.11. The molecule has 1 unspecified atom stereocenters. The lowest BCUT2D eigenvalue weighted by molar-refractivity contribution is 0.0137. The first-order chi connectivity index (χ1) is 12.9. The Kier molecular flexibility index (Phi) is 9.07. The van der Waals surface area contributed by atoms with Crippen molar-refractivity contribution in [3.05, 3.63) is 0 Å². The lowest BCUT2D eigenvalue weighted by Crippen LogP contribution is -2.57. The quantitative estimate of drug-likeness (QED) is 0.449. The van der Waals surface area contributed by atoms with Crippen LogP contribution in [-0.4, -0.2) is 104 Å². The van der Waals surface area contributed by atoms with Crippen molar-refractivity contribution in [3.8, 4) is 0 Å². The van der Waals surface area contributed by atoms with Crippen molar-refractivity contribution in [2.45, 2.75) is 45.3 Å². The Morgan fingerprint density at radius 1 is 1.21 bits per heavy atom. The number of carbonyl (C=O) groups is 1. The molecule has 1 N–H and O–H groups in total. The summed E-state index contributed by atoms with van der Waals surface area (Å²) in [6.45, 7) is 14.6. The van der Waals surface area contributed by atoms with Gasteiger partial charge in [0.05, 0.1) is 25.8 Å². The highest BCUT2D eigenvalue weighted by atomic mass is 127. The van der Waals surface area contributed by atoms with Crippen molar-refractivity contribution in [3.63, 3.8) is 0 Å². The fraction of sp³-hybridized carbons (Fsp3) is 0.895. The van der Waals surface area contributed by atoms with Gasteiger partial charge in [0.15, 0.2) is 5.96 Å². The number of piperazine rings is 1. The maximum absolute atomic E-state index is 12.3. The number of nitrogens with zero attached hydrogens (tertiary/aromatic N) is 4. The van der Waals surface area contributed by atoms with Crippen LogP contribution in [0.25, 0.3) is 0 Å². The minimum absolute atomic E-state index is 0. The molecule has 28 heavy (non-hydrogen) atoms.